The number of hydrogen-bond acceptors (Lipinski definition) is 4. The molecule has 5 nitrogen and oxygen atoms in total. The molecule has 0 spiro atoms. The van der Waals surface area contributed by atoms with Gasteiger partial charge in [-0.2, -0.15) is 0 Å². The van der Waals surface area contributed by atoms with Crippen molar-refractivity contribution in [3.05, 3.63) is 54.4 Å². The Bertz CT molecular complexity index is 714. The highest BCUT2D eigenvalue weighted by Crippen LogP contribution is 2.45. The van der Waals surface area contributed by atoms with E-state index in [1.54, 1.807) is 6.08 Å². The third-order valence-corrected chi connectivity index (χ3v) is 5.61. The van der Waals surface area contributed by atoms with Crippen molar-refractivity contribution in [2.75, 3.05) is 6.61 Å². The van der Waals surface area contributed by atoms with Crippen LogP contribution >= 0.6 is 0 Å². The van der Waals surface area contributed by atoms with Crippen LogP contribution in [0.25, 0.3) is 0 Å². The zero-order chi connectivity index (χ0) is 20.6. The number of carboxylic acid groups (broad SMARTS) is 1. The second-order valence-corrected chi connectivity index (χ2v) is 7.74. The smallest absolute Gasteiger partial charge is 0.303 e. The summed E-state index contributed by atoms with van der Waals surface area (Å²) in [6.07, 6.45) is 12.3. The number of carbonyl (C=O) groups is 1. The number of aliphatic hydroxyl groups is 1. The molecule has 2 heterocycles. The SMILES string of the molecule is O=C(O)CCC/C=C\C[C@H]1[C@H](/C=C/[C@@H](O)COc2ccc(F)cc2)[C@@H]2CC[C@H]1O2. The Labute approximate surface area is 170 Å². The highest BCUT2D eigenvalue weighted by molar-refractivity contribution is 5.66. The minimum Gasteiger partial charge on any atom is -0.491 e. The number of rotatable bonds is 11. The third-order valence-electron chi connectivity index (χ3n) is 5.61. The van der Waals surface area contributed by atoms with Gasteiger partial charge in [0.05, 0.1) is 12.2 Å². The molecule has 1 aromatic rings. The second kappa shape index (κ2) is 10.6. The number of ether oxygens (including phenoxy) is 2. The standard InChI is InChI=1S/C23H29FO5/c24-16-7-10-18(11-8-16)28-15-17(25)9-12-20-19(21-13-14-22(20)29-21)5-3-1-2-4-6-23(26)27/h1,3,7-12,17,19-22,25H,2,4-6,13-15H2,(H,26,27)/b3-1-,12-9+/t17-,19+,20+,21-,22+/m1/s1. The summed E-state index contributed by atoms with van der Waals surface area (Å²) >= 11 is 0. The predicted molar refractivity (Wildman–Crippen MR) is 107 cm³/mol. The van der Waals surface area contributed by atoms with Crippen molar-refractivity contribution in [1.29, 1.82) is 0 Å². The molecule has 3 rings (SSSR count). The summed E-state index contributed by atoms with van der Waals surface area (Å²) < 4.78 is 24.5. The number of hydrogen-bond donors (Lipinski definition) is 2. The lowest BCUT2D eigenvalue weighted by atomic mass is 9.77. The molecular weight excluding hydrogens is 375 g/mol. The van der Waals surface area contributed by atoms with E-state index < -0.39 is 12.1 Å². The molecule has 5 atom stereocenters. The molecule has 0 saturated carbocycles. The molecule has 1 aromatic carbocycles. The van der Waals surface area contributed by atoms with Crippen LogP contribution in [0.4, 0.5) is 4.39 Å². The summed E-state index contributed by atoms with van der Waals surface area (Å²) in [6.45, 7) is 0.109. The van der Waals surface area contributed by atoms with Gasteiger partial charge < -0.3 is 19.7 Å². The summed E-state index contributed by atoms with van der Waals surface area (Å²) in [7, 11) is 0. The lowest BCUT2D eigenvalue weighted by Gasteiger charge is -2.25. The Morgan fingerprint density at radius 2 is 2.00 bits per heavy atom. The fourth-order valence-electron chi connectivity index (χ4n) is 4.15. The average molecular weight is 404 g/mol. The number of unbranched alkanes of at least 4 members (excludes halogenated alkanes) is 1. The van der Waals surface area contributed by atoms with Crippen LogP contribution in [-0.4, -0.2) is 41.1 Å². The van der Waals surface area contributed by atoms with Crippen LogP contribution in [0.2, 0.25) is 0 Å². The molecule has 6 heteroatoms. The van der Waals surface area contributed by atoms with Crippen molar-refractivity contribution >= 4 is 5.97 Å². The molecule has 2 aliphatic heterocycles. The molecule has 158 valence electrons. The van der Waals surface area contributed by atoms with Crippen molar-refractivity contribution in [2.24, 2.45) is 11.8 Å². The summed E-state index contributed by atoms with van der Waals surface area (Å²) in [4.78, 5) is 10.5. The van der Waals surface area contributed by atoms with Gasteiger partial charge in [-0.05, 0) is 62.3 Å². The van der Waals surface area contributed by atoms with Crippen molar-refractivity contribution in [3.63, 3.8) is 0 Å². The summed E-state index contributed by atoms with van der Waals surface area (Å²) in [6, 6.07) is 5.72. The number of carboxylic acids is 1. The van der Waals surface area contributed by atoms with Crippen LogP contribution in [0.1, 0.15) is 38.5 Å². The van der Waals surface area contributed by atoms with E-state index >= 15 is 0 Å². The fourth-order valence-corrected chi connectivity index (χ4v) is 4.15. The van der Waals surface area contributed by atoms with Gasteiger partial charge in [0, 0.05) is 12.3 Å². The number of aliphatic hydroxyl groups excluding tert-OH is 1. The molecule has 0 amide bonds. The lowest BCUT2D eigenvalue weighted by Crippen LogP contribution is -2.26. The van der Waals surface area contributed by atoms with E-state index in [1.807, 2.05) is 6.08 Å². The molecule has 2 fully saturated rings. The number of fused-ring (bicyclic) bond motifs is 2. The average Bonchev–Trinajstić information content (AvgIpc) is 3.30. The first-order valence-electron chi connectivity index (χ1n) is 10.3. The minimum atomic E-state index is -0.757. The zero-order valence-corrected chi connectivity index (χ0v) is 16.5. The van der Waals surface area contributed by atoms with E-state index in [2.05, 4.69) is 12.2 Å². The van der Waals surface area contributed by atoms with Gasteiger partial charge in [0.2, 0.25) is 0 Å². The van der Waals surface area contributed by atoms with Crippen LogP contribution in [-0.2, 0) is 9.53 Å². The van der Waals surface area contributed by atoms with Crippen molar-refractivity contribution in [2.45, 2.75) is 56.8 Å². The van der Waals surface area contributed by atoms with Crippen molar-refractivity contribution in [3.8, 4) is 5.75 Å². The topological polar surface area (TPSA) is 76.0 Å². The Morgan fingerprint density at radius 1 is 1.24 bits per heavy atom. The molecule has 0 aliphatic carbocycles. The van der Waals surface area contributed by atoms with Crippen molar-refractivity contribution in [1.82, 2.24) is 0 Å². The lowest BCUT2D eigenvalue weighted by molar-refractivity contribution is -0.137. The molecular formula is C23H29FO5. The molecule has 2 bridgehead atoms. The number of allylic oxidation sites excluding steroid dienone is 2. The highest BCUT2D eigenvalue weighted by Gasteiger charge is 2.46. The molecule has 0 unspecified atom stereocenters. The van der Waals surface area contributed by atoms with Crippen LogP contribution in [0.15, 0.2) is 48.6 Å². The van der Waals surface area contributed by atoms with Gasteiger partial charge in [-0.15, -0.1) is 0 Å². The summed E-state index contributed by atoms with van der Waals surface area (Å²) in [5.41, 5.74) is 0. The molecule has 0 aromatic heterocycles. The van der Waals surface area contributed by atoms with E-state index in [0.29, 0.717) is 18.1 Å². The largest absolute Gasteiger partial charge is 0.491 e. The van der Waals surface area contributed by atoms with Gasteiger partial charge in [-0.1, -0.05) is 24.3 Å². The summed E-state index contributed by atoms with van der Waals surface area (Å²) in [5, 5.41) is 18.9. The number of benzene rings is 1. The van der Waals surface area contributed by atoms with E-state index in [-0.39, 0.29) is 37.0 Å². The maximum Gasteiger partial charge on any atom is 0.303 e. The first-order valence-corrected chi connectivity index (χ1v) is 10.3. The molecule has 29 heavy (non-hydrogen) atoms. The van der Waals surface area contributed by atoms with E-state index in [4.69, 9.17) is 14.6 Å². The highest BCUT2D eigenvalue weighted by atomic mass is 19.1. The zero-order valence-electron chi connectivity index (χ0n) is 16.5. The Balaban J connectivity index is 1.46. The summed E-state index contributed by atoms with van der Waals surface area (Å²) in [5.74, 6) is 0.0833. The quantitative estimate of drug-likeness (QED) is 0.429. The molecule has 2 saturated heterocycles. The Kier molecular flexibility index (Phi) is 7.83. The number of halogens is 1. The first-order chi connectivity index (χ1) is 14.0. The number of aliphatic carboxylic acids is 1. The van der Waals surface area contributed by atoms with Gasteiger partial charge in [-0.3, -0.25) is 4.79 Å². The Hall–Kier alpha value is -2.18. The monoisotopic (exact) mass is 404 g/mol. The van der Waals surface area contributed by atoms with Gasteiger partial charge in [-0.25, -0.2) is 4.39 Å². The van der Waals surface area contributed by atoms with Crippen molar-refractivity contribution < 1.29 is 28.9 Å². The first kappa shape index (κ1) is 21.5. The molecule has 2 N–H and O–H groups in total. The normalized spacial score (nSPS) is 27.1. The predicted octanol–water partition coefficient (Wildman–Crippen LogP) is 4.12. The fraction of sp³-hybridized carbons (Fsp3) is 0.522. The van der Waals surface area contributed by atoms with Crippen LogP contribution < -0.4 is 4.74 Å². The second-order valence-electron chi connectivity index (χ2n) is 7.74. The molecule has 0 radical (unpaired) electrons. The van der Waals surface area contributed by atoms with Gasteiger partial charge in [0.1, 0.15) is 24.3 Å². The van der Waals surface area contributed by atoms with Gasteiger partial charge in [0.15, 0.2) is 0 Å². The van der Waals surface area contributed by atoms with E-state index in [0.717, 1.165) is 25.7 Å². The molecule has 2 aliphatic rings. The van der Waals surface area contributed by atoms with Crippen LogP contribution in [0.3, 0.4) is 0 Å². The van der Waals surface area contributed by atoms with Gasteiger partial charge in [0.25, 0.3) is 0 Å². The van der Waals surface area contributed by atoms with E-state index in [1.165, 1.54) is 24.3 Å². The van der Waals surface area contributed by atoms with Crippen LogP contribution in [0.5, 0.6) is 5.75 Å². The van der Waals surface area contributed by atoms with Crippen LogP contribution in [0, 0.1) is 17.7 Å². The van der Waals surface area contributed by atoms with E-state index in [9.17, 15) is 14.3 Å². The maximum absolute atomic E-state index is 12.9. The van der Waals surface area contributed by atoms with Gasteiger partial charge >= 0.3 is 5.97 Å². The third kappa shape index (κ3) is 6.41. The maximum atomic E-state index is 12.9. The Morgan fingerprint density at radius 3 is 2.76 bits per heavy atom. The minimum absolute atomic E-state index is 0.109.